The number of rotatable bonds is 15. The van der Waals surface area contributed by atoms with Gasteiger partial charge in [-0.05, 0) is 48.2 Å². The molecule has 272 valence electrons. The second-order valence-corrected chi connectivity index (χ2v) is 13.6. The molecular weight excluding hydrogens is 683 g/mol. The molecule has 17 nitrogen and oxygen atoms in total. The first-order valence-electron chi connectivity index (χ1n) is 15.2. The van der Waals surface area contributed by atoms with Crippen molar-refractivity contribution in [1.29, 1.82) is 0 Å². The Morgan fingerprint density at radius 1 is 0.680 bits per heavy atom. The predicted molar refractivity (Wildman–Crippen MR) is 170 cm³/mol. The van der Waals surface area contributed by atoms with Crippen LogP contribution >= 0.6 is 7.37 Å². The van der Waals surface area contributed by atoms with Gasteiger partial charge >= 0.3 is 31.2 Å². The van der Waals surface area contributed by atoms with E-state index in [0.717, 1.165) is 27.7 Å². The van der Waals surface area contributed by atoms with Gasteiger partial charge in [0.25, 0.3) is 0 Å². The lowest BCUT2D eigenvalue weighted by atomic mass is 9.98. The first kappa shape index (κ1) is 39.8. The van der Waals surface area contributed by atoms with Crippen LogP contribution in [-0.2, 0) is 74.4 Å². The van der Waals surface area contributed by atoms with E-state index >= 15 is 0 Å². The van der Waals surface area contributed by atoms with Gasteiger partial charge in [0.1, 0.15) is 24.2 Å². The summed E-state index contributed by atoms with van der Waals surface area (Å²) in [6.07, 6.45) is -9.61. The Morgan fingerprint density at radius 2 is 1.08 bits per heavy atom. The number of aromatic hydroxyl groups is 2. The van der Waals surface area contributed by atoms with Crippen LogP contribution < -0.4 is 11.5 Å². The molecule has 3 rings (SSSR count). The maximum absolute atomic E-state index is 14.8. The van der Waals surface area contributed by atoms with Gasteiger partial charge in [0, 0.05) is 27.7 Å². The Hall–Kier alpha value is -4.67. The van der Waals surface area contributed by atoms with Crippen molar-refractivity contribution in [2.75, 3.05) is 6.61 Å². The van der Waals surface area contributed by atoms with Gasteiger partial charge in [-0.2, -0.15) is 0 Å². The number of carbonyl (C=O) groups excluding carboxylic acids is 6. The smallest absolute Gasteiger partial charge is 0.336 e. The van der Waals surface area contributed by atoms with Crippen LogP contribution in [0.3, 0.4) is 0 Å². The molecule has 0 saturated carbocycles. The van der Waals surface area contributed by atoms with Crippen LogP contribution in [0.4, 0.5) is 0 Å². The second kappa shape index (κ2) is 17.3. The number of nitrogens with two attached hydrogens (primary N) is 2. The van der Waals surface area contributed by atoms with Gasteiger partial charge in [0.2, 0.25) is 17.3 Å². The average molecular weight is 723 g/mol. The fraction of sp³-hybridized carbons (Fsp3) is 0.438. The fourth-order valence-electron chi connectivity index (χ4n) is 5.02. The summed E-state index contributed by atoms with van der Waals surface area (Å²) in [6.45, 7) is 3.31. The summed E-state index contributed by atoms with van der Waals surface area (Å²) in [6, 6.07) is 7.69. The number of esters is 4. The minimum atomic E-state index is -5.43. The molecule has 1 heterocycles. The number of phenolic OH excluding ortho intramolecular Hbond substituents is 2. The van der Waals surface area contributed by atoms with Gasteiger partial charge in [-0.1, -0.05) is 24.3 Å². The highest BCUT2D eigenvalue weighted by Crippen LogP contribution is 2.53. The third-order valence-electron chi connectivity index (χ3n) is 7.20. The van der Waals surface area contributed by atoms with Gasteiger partial charge in [0.05, 0.1) is 12.1 Å². The molecule has 0 radical (unpaired) electrons. The second-order valence-electron chi connectivity index (χ2n) is 11.4. The molecule has 1 saturated heterocycles. The van der Waals surface area contributed by atoms with E-state index in [2.05, 4.69) is 0 Å². The molecular formula is C32H39N2O15P. The van der Waals surface area contributed by atoms with Crippen molar-refractivity contribution in [3.63, 3.8) is 0 Å². The van der Waals surface area contributed by atoms with Crippen LogP contribution in [-0.4, -0.2) is 94.5 Å². The zero-order valence-corrected chi connectivity index (χ0v) is 28.5. The first-order chi connectivity index (χ1) is 23.4. The monoisotopic (exact) mass is 722 g/mol. The molecule has 1 fully saturated rings. The molecule has 0 aliphatic carbocycles. The molecule has 50 heavy (non-hydrogen) atoms. The number of ether oxygens (including phenoxy) is 5. The third-order valence-corrected chi connectivity index (χ3v) is 9.53. The summed E-state index contributed by atoms with van der Waals surface area (Å²) in [5.41, 5.74) is 10.4. The lowest BCUT2D eigenvalue weighted by Gasteiger charge is -2.44. The number of benzene rings is 2. The third kappa shape index (κ3) is 10.7. The molecule has 7 atom stereocenters. The van der Waals surface area contributed by atoms with E-state index in [1.807, 2.05) is 0 Å². The summed E-state index contributed by atoms with van der Waals surface area (Å²) in [5.74, 6) is -3.89. The van der Waals surface area contributed by atoms with Gasteiger partial charge < -0.3 is 45.4 Å². The summed E-state index contributed by atoms with van der Waals surface area (Å²) in [4.78, 5) is 76.3. The molecule has 6 N–H and O–H groups in total. The van der Waals surface area contributed by atoms with Gasteiger partial charge in [-0.15, -0.1) is 0 Å². The van der Waals surface area contributed by atoms with Crippen LogP contribution in [0, 0.1) is 0 Å². The Bertz CT molecular complexity index is 1540. The van der Waals surface area contributed by atoms with E-state index in [4.69, 9.17) is 39.7 Å². The molecule has 18 heteroatoms. The highest BCUT2D eigenvalue weighted by Gasteiger charge is 2.57. The van der Waals surface area contributed by atoms with Crippen molar-refractivity contribution in [1.82, 2.24) is 0 Å². The first-order valence-corrected chi connectivity index (χ1v) is 16.8. The number of carbonyl (C=O) groups is 6. The molecule has 1 aliphatic rings. The molecule has 2 aromatic rings. The molecule has 0 unspecified atom stereocenters. The van der Waals surface area contributed by atoms with Crippen LogP contribution in [0.25, 0.3) is 0 Å². The van der Waals surface area contributed by atoms with E-state index in [-0.39, 0.29) is 24.3 Å². The molecule has 2 aromatic carbocycles. The van der Waals surface area contributed by atoms with Crippen LogP contribution in [0.2, 0.25) is 0 Å². The minimum absolute atomic E-state index is 0.0818. The highest BCUT2D eigenvalue weighted by atomic mass is 31.2. The molecule has 0 bridgehead atoms. The van der Waals surface area contributed by atoms with E-state index in [0.29, 0.717) is 11.1 Å². The van der Waals surface area contributed by atoms with Gasteiger partial charge in [-0.3, -0.25) is 37.9 Å². The lowest BCUT2D eigenvalue weighted by molar-refractivity contribution is -0.288. The van der Waals surface area contributed by atoms with Crippen molar-refractivity contribution in [2.45, 2.75) is 83.3 Å². The van der Waals surface area contributed by atoms with Crippen molar-refractivity contribution >= 4 is 42.3 Å². The van der Waals surface area contributed by atoms with E-state index in [1.165, 1.54) is 48.5 Å². The van der Waals surface area contributed by atoms with Crippen molar-refractivity contribution < 1.29 is 71.8 Å². The summed E-state index contributed by atoms with van der Waals surface area (Å²) < 4.78 is 47.3. The summed E-state index contributed by atoms with van der Waals surface area (Å²) >= 11 is 0. The minimum Gasteiger partial charge on any atom is -0.508 e. The Morgan fingerprint density at radius 3 is 1.48 bits per heavy atom. The molecule has 0 amide bonds. The van der Waals surface area contributed by atoms with Gasteiger partial charge in [-0.25, -0.2) is 0 Å². The van der Waals surface area contributed by atoms with E-state index in [1.54, 1.807) is 0 Å². The van der Waals surface area contributed by atoms with E-state index < -0.39 is 91.7 Å². The summed E-state index contributed by atoms with van der Waals surface area (Å²) in [7, 11) is -5.43. The van der Waals surface area contributed by atoms with Crippen LogP contribution in [0.15, 0.2) is 48.5 Å². The molecule has 0 spiro atoms. The highest BCUT2D eigenvalue weighted by molar-refractivity contribution is 7.90. The standard InChI is InChI=1S/C32H39N2O15P/c1-16(35)44-15-26-27(45-17(2)36)28(46-18(3)37)29(47-19(4)38)32(48-26)49-50(43,30(41)24(33)13-20-5-9-22(39)10-6-20)31(42)25(34)14-21-7-11-23(40)12-8-21/h5-12,24-29,32,39-40H,13-15,33-34H2,1-4H3/t24-,25-,26-,27-,28+,29+,32-/m1/s1. The molecule has 0 aromatic heterocycles. The van der Waals surface area contributed by atoms with Crippen molar-refractivity contribution in [2.24, 2.45) is 11.5 Å². The maximum Gasteiger partial charge on any atom is 0.336 e. The topological polar surface area (TPSA) is 267 Å². The average Bonchev–Trinajstić information content (AvgIpc) is 3.03. The number of hydrogen-bond donors (Lipinski definition) is 4. The maximum atomic E-state index is 14.8. The fourth-order valence-corrected chi connectivity index (χ4v) is 6.96. The van der Waals surface area contributed by atoms with E-state index in [9.17, 15) is 43.5 Å². The van der Waals surface area contributed by atoms with Crippen molar-refractivity contribution in [3.8, 4) is 11.5 Å². The van der Waals surface area contributed by atoms with Gasteiger partial charge in [0.15, 0.2) is 18.3 Å². The Kier molecular flexibility index (Phi) is 13.8. The Labute approximate surface area is 286 Å². The van der Waals surface area contributed by atoms with Crippen LogP contribution in [0.5, 0.6) is 11.5 Å². The largest absolute Gasteiger partial charge is 0.508 e. The zero-order valence-electron chi connectivity index (χ0n) is 27.6. The number of phenols is 2. The normalized spacial score (nSPS) is 21.6. The summed E-state index contributed by atoms with van der Waals surface area (Å²) in [5, 5.41) is 19.3. The molecule has 1 aliphatic heterocycles. The SMILES string of the molecule is CC(=O)OC[C@H]1O[C@H](OP(=O)(C(=O)[C@H](N)Cc2ccc(O)cc2)C(=O)[C@H](N)Cc2ccc(O)cc2)[C@@H](OC(C)=O)[C@@H](OC(C)=O)[C@@H]1OC(C)=O. The Balaban J connectivity index is 2.12. The quantitative estimate of drug-likeness (QED) is 0.113. The van der Waals surface area contributed by atoms with Crippen molar-refractivity contribution in [3.05, 3.63) is 59.7 Å². The van der Waals surface area contributed by atoms with Crippen LogP contribution in [0.1, 0.15) is 38.8 Å². The number of hydrogen-bond acceptors (Lipinski definition) is 17. The zero-order chi connectivity index (χ0) is 37.3. The lowest BCUT2D eigenvalue weighted by Crippen LogP contribution is -2.63. The predicted octanol–water partition coefficient (Wildman–Crippen LogP) is 0.969.